The van der Waals surface area contributed by atoms with E-state index < -0.39 is 24.6 Å². The number of aliphatic hydroxyl groups is 2. The number of carboxylic acid groups (broad SMARTS) is 1. The van der Waals surface area contributed by atoms with Gasteiger partial charge in [-0.3, -0.25) is 9.78 Å². The maximum absolute atomic E-state index is 13.5. The smallest absolute Gasteiger partial charge is 0.305 e. The molecule has 2 unspecified atom stereocenters. The van der Waals surface area contributed by atoms with Crippen molar-refractivity contribution in [3.63, 3.8) is 0 Å². The highest BCUT2D eigenvalue weighted by Gasteiger charge is 2.21. The summed E-state index contributed by atoms with van der Waals surface area (Å²) in [5, 5.41) is 33.5. The number of halogens is 2. The molecule has 0 amide bonds. The van der Waals surface area contributed by atoms with Gasteiger partial charge in [-0.05, 0) is 42.0 Å². The highest BCUT2D eigenvalue weighted by molar-refractivity contribution is 6.32. The number of aliphatic hydroxyl groups excluding tert-OH is 2. The van der Waals surface area contributed by atoms with Gasteiger partial charge in [0.05, 0.1) is 53.5 Å². The van der Waals surface area contributed by atoms with Crippen LogP contribution in [0.15, 0.2) is 66.9 Å². The van der Waals surface area contributed by atoms with E-state index in [1.807, 2.05) is 12.1 Å². The minimum atomic E-state index is -1.19. The number of hydrogen-bond acceptors (Lipinski definition) is 9. The monoisotopic (exact) mass is 640 g/mol. The van der Waals surface area contributed by atoms with Crippen LogP contribution in [0.25, 0.3) is 10.9 Å². The van der Waals surface area contributed by atoms with E-state index >= 15 is 0 Å². The SMILES string of the molecule is O=C(O)CC(O)CC(O)COc1cc(OC2CCOCC2)c2c(Nc3ccc(OCc4cccc(F)c4)c(Cl)c3)ccnc2c1. The number of benzene rings is 3. The number of aromatic nitrogens is 1. The lowest BCUT2D eigenvalue weighted by Gasteiger charge is -2.25. The molecule has 4 aromatic rings. The highest BCUT2D eigenvalue weighted by atomic mass is 35.5. The Hall–Kier alpha value is -4.16. The van der Waals surface area contributed by atoms with E-state index in [1.54, 1.807) is 42.6 Å². The number of carboxylic acids is 1. The predicted molar refractivity (Wildman–Crippen MR) is 166 cm³/mol. The number of anilines is 2. The van der Waals surface area contributed by atoms with Crippen molar-refractivity contribution in [2.75, 3.05) is 25.1 Å². The van der Waals surface area contributed by atoms with Gasteiger partial charge in [-0.25, -0.2) is 4.39 Å². The molecule has 1 fully saturated rings. The van der Waals surface area contributed by atoms with Crippen molar-refractivity contribution in [1.29, 1.82) is 0 Å². The van der Waals surface area contributed by atoms with Crippen molar-refractivity contribution in [1.82, 2.24) is 4.98 Å². The van der Waals surface area contributed by atoms with Crippen LogP contribution >= 0.6 is 11.6 Å². The van der Waals surface area contributed by atoms with Gasteiger partial charge >= 0.3 is 5.97 Å². The number of aliphatic carboxylic acids is 1. The summed E-state index contributed by atoms with van der Waals surface area (Å²) in [6, 6.07) is 16.7. The zero-order valence-electron chi connectivity index (χ0n) is 24.3. The summed E-state index contributed by atoms with van der Waals surface area (Å²) in [5.74, 6) is -0.122. The molecule has 4 N–H and O–H groups in total. The summed E-state index contributed by atoms with van der Waals surface area (Å²) >= 11 is 6.54. The molecule has 1 saturated heterocycles. The van der Waals surface area contributed by atoms with Crippen molar-refractivity contribution in [2.45, 2.75) is 50.6 Å². The number of pyridine rings is 1. The van der Waals surface area contributed by atoms with E-state index in [1.165, 1.54) is 12.1 Å². The Balaban J connectivity index is 1.35. The van der Waals surface area contributed by atoms with E-state index in [0.717, 1.165) is 0 Å². The number of fused-ring (bicyclic) bond motifs is 1. The van der Waals surface area contributed by atoms with E-state index in [4.69, 9.17) is 35.7 Å². The fraction of sp³-hybridized carbons (Fsp3) is 0.333. The van der Waals surface area contributed by atoms with Crippen LogP contribution in [0.3, 0.4) is 0 Å². The number of nitrogens with zero attached hydrogens (tertiary/aromatic N) is 1. The Labute approximate surface area is 264 Å². The van der Waals surface area contributed by atoms with Crippen LogP contribution in [-0.2, 0) is 16.1 Å². The third-order valence-corrected chi connectivity index (χ3v) is 7.43. The molecular formula is C33H34ClFN2O8. The minimum Gasteiger partial charge on any atom is -0.491 e. The summed E-state index contributed by atoms with van der Waals surface area (Å²) in [7, 11) is 0. The van der Waals surface area contributed by atoms with Gasteiger partial charge in [0.2, 0.25) is 0 Å². The zero-order valence-corrected chi connectivity index (χ0v) is 25.1. The molecule has 2 heterocycles. The number of rotatable bonds is 14. The summed E-state index contributed by atoms with van der Waals surface area (Å²) in [6.07, 6.45) is 0.0863. The highest BCUT2D eigenvalue weighted by Crippen LogP contribution is 2.39. The van der Waals surface area contributed by atoms with Crippen LogP contribution < -0.4 is 19.5 Å². The second-order valence-corrected chi connectivity index (χ2v) is 11.2. The van der Waals surface area contributed by atoms with Gasteiger partial charge in [0.25, 0.3) is 0 Å². The maximum Gasteiger partial charge on any atom is 0.305 e. The lowest BCUT2D eigenvalue weighted by atomic mass is 10.1. The van der Waals surface area contributed by atoms with Crippen molar-refractivity contribution < 1.29 is 43.5 Å². The molecule has 0 bridgehead atoms. The first kappa shape index (κ1) is 32.2. The van der Waals surface area contributed by atoms with Crippen molar-refractivity contribution in [3.8, 4) is 17.2 Å². The molecule has 5 rings (SSSR count). The molecule has 2 atom stereocenters. The molecule has 1 aliphatic heterocycles. The van der Waals surface area contributed by atoms with Crippen LogP contribution in [0, 0.1) is 5.82 Å². The van der Waals surface area contributed by atoms with Gasteiger partial charge in [-0.15, -0.1) is 0 Å². The second kappa shape index (κ2) is 15.2. The summed E-state index contributed by atoms with van der Waals surface area (Å²) in [4.78, 5) is 15.4. The summed E-state index contributed by atoms with van der Waals surface area (Å²) in [5.41, 5.74) is 2.64. The van der Waals surface area contributed by atoms with E-state index in [-0.39, 0.29) is 31.6 Å². The van der Waals surface area contributed by atoms with Gasteiger partial charge in [-0.2, -0.15) is 0 Å². The van der Waals surface area contributed by atoms with Crippen LogP contribution in [0.2, 0.25) is 5.02 Å². The summed E-state index contributed by atoms with van der Waals surface area (Å²) < 4.78 is 37.1. The molecule has 1 aliphatic rings. The van der Waals surface area contributed by atoms with Crippen molar-refractivity contribution in [3.05, 3.63) is 83.3 Å². The fourth-order valence-electron chi connectivity index (χ4n) is 4.98. The minimum absolute atomic E-state index is 0.0917. The number of hydrogen-bond donors (Lipinski definition) is 4. The average Bonchev–Trinajstić information content (AvgIpc) is 3.00. The number of ether oxygens (including phenoxy) is 4. The first-order valence-electron chi connectivity index (χ1n) is 14.5. The Bertz CT molecular complexity index is 1620. The largest absolute Gasteiger partial charge is 0.491 e. The first-order chi connectivity index (χ1) is 21.7. The Morgan fingerprint density at radius 3 is 2.62 bits per heavy atom. The molecule has 1 aromatic heterocycles. The quantitative estimate of drug-likeness (QED) is 0.132. The fourth-order valence-corrected chi connectivity index (χ4v) is 5.21. The van der Waals surface area contributed by atoms with Crippen LogP contribution in [0.1, 0.15) is 31.2 Å². The van der Waals surface area contributed by atoms with Gasteiger partial charge in [0.15, 0.2) is 0 Å². The van der Waals surface area contributed by atoms with Crippen LogP contribution in [0.4, 0.5) is 15.8 Å². The van der Waals surface area contributed by atoms with Crippen LogP contribution in [-0.4, -0.2) is 64.4 Å². The summed E-state index contributed by atoms with van der Waals surface area (Å²) in [6.45, 7) is 1.16. The van der Waals surface area contributed by atoms with E-state index in [2.05, 4.69) is 10.3 Å². The topological polar surface area (TPSA) is 140 Å². The van der Waals surface area contributed by atoms with E-state index in [9.17, 15) is 19.4 Å². The maximum atomic E-state index is 13.5. The van der Waals surface area contributed by atoms with Gasteiger partial charge in [-0.1, -0.05) is 23.7 Å². The third-order valence-electron chi connectivity index (χ3n) is 7.13. The molecule has 0 aliphatic carbocycles. The van der Waals surface area contributed by atoms with Gasteiger partial charge < -0.3 is 39.6 Å². The lowest BCUT2D eigenvalue weighted by Crippen LogP contribution is -2.26. The lowest BCUT2D eigenvalue weighted by molar-refractivity contribution is -0.139. The molecule has 0 radical (unpaired) electrons. The number of nitrogens with one attached hydrogen (secondary N) is 1. The van der Waals surface area contributed by atoms with Crippen LogP contribution in [0.5, 0.6) is 17.2 Å². The van der Waals surface area contributed by atoms with Crippen molar-refractivity contribution >= 4 is 39.8 Å². The molecule has 0 spiro atoms. The molecule has 45 heavy (non-hydrogen) atoms. The van der Waals surface area contributed by atoms with E-state index in [0.29, 0.717) is 76.2 Å². The predicted octanol–water partition coefficient (Wildman–Crippen LogP) is 5.87. The third kappa shape index (κ3) is 9.18. The molecule has 10 nitrogen and oxygen atoms in total. The Kier molecular flexibility index (Phi) is 10.9. The Morgan fingerprint density at radius 2 is 1.87 bits per heavy atom. The van der Waals surface area contributed by atoms with Gasteiger partial charge in [0, 0.05) is 43.3 Å². The zero-order chi connectivity index (χ0) is 31.8. The average molecular weight is 641 g/mol. The molecule has 0 saturated carbocycles. The molecular weight excluding hydrogens is 607 g/mol. The molecule has 238 valence electrons. The molecule has 3 aromatic carbocycles. The second-order valence-electron chi connectivity index (χ2n) is 10.7. The number of carbonyl (C=O) groups is 1. The standard InChI is InChI=1S/C33H34ClFN2O8/c34-27-13-22(4-5-30(27)44-18-20-2-1-3-21(35)12-20)37-28-6-9-36-29-16-26(43-19-24(39)14-23(38)15-32(40)41)17-31(33(28)29)45-25-7-10-42-11-8-25/h1-6,9,12-13,16-17,23-25,38-39H,7-8,10-11,14-15,18-19H2,(H,36,37)(H,40,41). The Morgan fingerprint density at radius 1 is 1.04 bits per heavy atom. The van der Waals surface area contributed by atoms with Crippen molar-refractivity contribution in [2.24, 2.45) is 0 Å². The first-order valence-corrected chi connectivity index (χ1v) is 14.9. The van der Waals surface area contributed by atoms with Gasteiger partial charge in [0.1, 0.15) is 42.4 Å². The normalized spacial score (nSPS) is 14.9. The molecule has 12 heteroatoms.